The molecule has 2 rings (SSSR count). The van der Waals surface area contributed by atoms with Gasteiger partial charge in [0, 0.05) is 19.0 Å². The van der Waals surface area contributed by atoms with E-state index in [2.05, 4.69) is 10.6 Å². The normalized spacial score (nSPS) is 11.5. The lowest BCUT2D eigenvalue weighted by Gasteiger charge is -2.17. The molecule has 0 aromatic heterocycles. The van der Waals surface area contributed by atoms with Crippen molar-refractivity contribution < 1.29 is 9.59 Å². The predicted octanol–water partition coefficient (Wildman–Crippen LogP) is 2.08. The van der Waals surface area contributed by atoms with Crippen molar-refractivity contribution in [2.24, 2.45) is 0 Å². The number of aryl methyl sites for hydroxylation is 1. The Bertz CT molecular complexity index is 636. The lowest BCUT2D eigenvalue weighted by Crippen LogP contribution is -2.47. The van der Waals surface area contributed by atoms with Crippen molar-refractivity contribution >= 4 is 11.8 Å². The molecular weight excluding hydrogens is 276 g/mol. The number of amides is 2. The van der Waals surface area contributed by atoms with Crippen molar-refractivity contribution in [3.8, 4) is 0 Å². The third-order valence-electron chi connectivity index (χ3n) is 3.46. The van der Waals surface area contributed by atoms with E-state index in [4.69, 9.17) is 0 Å². The van der Waals surface area contributed by atoms with E-state index < -0.39 is 6.04 Å². The maximum atomic E-state index is 12.3. The molecule has 0 bridgehead atoms. The van der Waals surface area contributed by atoms with Gasteiger partial charge in [0.1, 0.15) is 6.04 Å². The van der Waals surface area contributed by atoms with Crippen LogP contribution in [0.5, 0.6) is 0 Å². The number of likely N-dealkylation sites (N-methyl/N-ethyl adjacent to an activating group) is 1. The molecule has 0 unspecified atom stereocenters. The summed E-state index contributed by atoms with van der Waals surface area (Å²) < 4.78 is 0. The minimum absolute atomic E-state index is 0.204. The molecule has 0 fully saturated rings. The van der Waals surface area contributed by atoms with E-state index in [-0.39, 0.29) is 11.8 Å². The molecule has 0 saturated heterocycles. The summed E-state index contributed by atoms with van der Waals surface area (Å²) >= 11 is 0. The SMILES string of the molecule is CNC(=O)[C@H](Cc1ccccc1)NC(=O)c1ccc(C)cc1. The maximum absolute atomic E-state index is 12.3. The number of rotatable bonds is 5. The Kier molecular flexibility index (Phi) is 5.31. The average Bonchev–Trinajstić information content (AvgIpc) is 2.55. The summed E-state index contributed by atoms with van der Waals surface area (Å²) in [5, 5.41) is 5.40. The van der Waals surface area contributed by atoms with Crippen LogP contribution in [-0.2, 0) is 11.2 Å². The number of carbonyl (C=O) groups excluding carboxylic acids is 2. The number of hydrogen-bond acceptors (Lipinski definition) is 2. The van der Waals surface area contributed by atoms with Crippen LogP contribution in [-0.4, -0.2) is 24.9 Å². The highest BCUT2D eigenvalue weighted by Crippen LogP contribution is 2.07. The monoisotopic (exact) mass is 296 g/mol. The summed E-state index contributed by atoms with van der Waals surface area (Å²) in [5.74, 6) is -0.450. The minimum atomic E-state index is -0.596. The summed E-state index contributed by atoms with van der Waals surface area (Å²) in [7, 11) is 1.57. The first-order valence-electron chi connectivity index (χ1n) is 7.23. The number of benzene rings is 2. The molecule has 2 amide bonds. The van der Waals surface area contributed by atoms with E-state index in [9.17, 15) is 9.59 Å². The van der Waals surface area contributed by atoms with E-state index in [0.717, 1.165) is 11.1 Å². The van der Waals surface area contributed by atoms with E-state index >= 15 is 0 Å². The Hall–Kier alpha value is -2.62. The van der Waals surface area contributed by atoms with Gasteiger partial charge in [-0.2, -0.15) is 0 Å². The van der Waals surface area contributed by atoms with Gasteiger partial charge in [0.2, 0.25) is 5.91 Å². The van der Waals surface area contributed by atoms with Gasteiger partial charge in [-0.25, -0.2) is 0 Å². The molecule has 0 heterocycles. The second kappa shape index (κ2) is 7.41. The molecule has 114 valence electrons. The molecule has 4 heteroatoms. The Morgan fingerprint density at radius 1 is 1.00 bits per heavy atom. The topological polar surface area (TPSA) is 58.2 Å². The zero-order chi connectivity index (χ0) is 15.9. The van der Waals surface area contributed by atoms with Gasteiger partial charge in [-0.3, -0.25) is 9.59 Å². The third-order valence-corrected chi connectivity index (χ3v) is 3.46. The Balaban J connectivity index is 2.11. The van der Waals surface area contributed by atoms with Crippen molar-refractivity contribution in [3.63, 3.8) is 0 Å². The summed E-state index contributed by atoms with van der Waals surface area (Å²) in [4.78, 5) is 24.3. The van der Waals surface area contributed by atoms with Crippen molar-refractivity contribution in [2.75, 3.05) is 7.05 Å². The van der Waals surface area contributed by atoms with Crippen molar-refractivity contribution in [3.05, 3.63) is 71.3 Å². The molecule has 0 aliphatic carbocycles. The van der Waals surface area contributed by atoms with Crippen LogP contribution in [0.2, 0.25) is 0 Å². The molecule has 0 radical (unpaired) electrons. The fourth-order valence-electron chi connectivity index (χ4n) is 2.18. The Morgan fingerprint density at radius 2 is 1.64 bits per heavy atom. The van der Waals surface area contributed by atoms with Gasteiger partial charge < -0.3 is 10.6 Å². The number of nitrogens with one attached hydrogen (secondary N) is 2. The van der Waals surface area contributed by atoms with E-state index in [1.165, 1.54) is 0 Å². The Labute approximate surface area is 130 Å². The van der Waals surface area contributed by atoms with E-state index in [1.807, 2.05) is 49.4 Å². The molecule has 0 aliphatic rings. The standard InChI is InChI=1S/C18H20N2O2/c1-13-8-10-15(11-9-13)17(21)20-16(18(22)19-2)12-14-6-4-3-5-7-14/h3-11,16H,12H2,1-2H3,(H,19,22)(H,20,21)/t16-/m0/s1. The average molecular weight is 296 g/mol. The summed E-state index contributed by atoms with van der Waals surface area (Å²) in [6, 6.07) is 16.3. The largest absolute Gasteiger partial charge is 0.357 e. The number of carbonyl (C=O) groups is 2. The van der Waals surface area contributed by atoms with Crippen molar-refractivity contribution in [1.82, 2.24) is 10.6 Å². The first kappa shape index (κ1) is 15.8. The van der Waals surface area contributed by atoms with Crippen LogP contribution in [0.4, 0.5) is 0 Å². The fraction of sp³-hybridized carbons (Fsp3) is 0.222. The molecule has 0 aliphatic heterocycles. The summed E-state index contributed by atoms with van der Waals surface area (Å²) in [6.45, 7) is 1.96. The molecule has 4 nitrogen and oxygen atoms in total. The quantitative estimate of drug-likeness (QED) is 0.887. The van der Waals surface area contributed by atoms with Crippen LogP contribution < -0.4 is 10.6 Å². The van der Waals surface area contributed by atoms with Gasteiger partial charge in [0.25, 0.3) is 5.91 Å². The third kappa shape index (κ3) is 4.19. The van der Waals surface area contributed by atoms with Crippen LogP contribution in [0.1, 0.15) is 21.5 Å². The van der Waals surface area contributed by atoms with Crippen molar-refractivity contribution in [2.45, 2.75) is 19.4 Å². The Morgan fingerprint density at radius 3 is 2.23 bits per heavy atom. The summed E-state index contributed by atoms with van der Waals surface area (Å²) in [6.07, 6.45) is 0.456. The molecule has 0 saturated carbocycles. The van der Waals surface area contributed by atoms with Crippen LogP contribution in [0.3, 0.4) is 0 Å². The zero-order valence-corrected chi connectivity index (χ0v) is 12.8. The highest BCUT2D eigenvalue weighted by atomic mass is 16.2. The maximum Gasteiger partial charge on any atom is 0.251 e. The molecule has 1 atom stereocenters. The molecule has 2 N–H and O–H groups in total. The summed E-state index contributed by atoms with van der Waals surface area (Å²) in [5.41, 5.74) is 2.64. The van der Waals surface area contributed by atoms with Gasteiger partial charge >= 0.3 is 0 Å². The fourth-order valence-corrected chi connectivity index (χ4v) is 2.18. The van der Waals surface area contributed by atoms with Gasteiger partial charge in [-0.15, -0.1) is 0 Å². The van der Waals surface area contributed by atoms with E-state index in [0.29, 0.717) is 12.0 Å². The van der Waals surface area contributed by atoms with Crippen LogP contribution in [0, 0.1) is 6.92 Å². The highest BCUT2D eigenvalue weighted by molar-refractivity contribution is 5.97. The molecular formula is C18H20N2O2. The highest BCUT2D eigenvalue weighted by Gasteiger charge is 2.20. The predicted molar refractivity (Wildman–Crippen MR) is 86.6 cm³/mol. The number of hydrogen-bond donors (Lipinski definition) is 2. The first-order chi connectivity index (χ1) is 10.6. The second-order valence-corrected chi connectivity index (χ2v) is 5.20. The molecule has 22 heavy (non-hydrogen) atoms. The van der Waals surface area contributed by atoms with Crippen LogP contribution >= 0.6 is 0 Å². The molecule has 2 aromatic carbocycles. The lowest BCUT2D eigenvalue weighted by atomic mass is 10.0. The minimum Gasteiger partial charge on any atom is -0.357 e. The smallest absolute Gasteiger partial charge is 0.251 e. The van der Waals surface area contributed by atoms with Gasteiger partial charge in [-0.05, 0) is 24.6 Å². The van der Waals surface area contributed by atoms with Crippen LogP contribution in [0.15, 0.2) is 54.6 Å². The van der Waals surface area contributed by atoms with E-state index in [1.54, 1.807) is 19.2 Å². The molecule has 2 aromatic rings. The zero-order valence-electron chi connectivity index (χ0n) is 12.8. The van der Waals surface area contributed by atoms with Gasteiger partial charge in [0.05, 0.1) is 0 Å². The second-order valence-electron chi connectivity index (χ2n) is 5.20. The van der Waals surface area contributed by atoms with Gasteiger partial charge in [0.15, 0.2) is 0 Å². The first-order valence-corrected chi connectivity index (χ1v) is 7.23. The van der Waals surface area contributed by atoms with Crippen molar-refractivity contribution in [1.29, 1.82) is 0 Å². The lowest BCUT2D eigenvalue weighted by molar-refractivity contribution is -0.122. The molecule has 0 spiro atoms. The van der Waals surface area contributed by atoms with Gasteiger partial charge in [-0.1, -0.05) is 48.0 Å². The van der Waals surface area contributed by atoms with Crippen LogP contribution in [0.25, 0.3) is 0 Å².